The maximum atomic E-state index is 14.6. The summed E-state index contributed by atoms with van der Waals surface area (Å²) in [6.45, 7) is 0. The van der Waals surface area contributed by atoms with Crippen LogP contribution in [0.25, 0.3) is 56.0 Å². The summed E-state index contributed by atoms with van der Waals surface area (Å²) in [5.74, 6) is -0.257. The van der Waals surface area contributed by atoms with Crippen LogP contribution in [0.15, 0.2) is 91.5 Å². The van der Waals surface area contributed by atoms with Crippen LogP contribution in [0, 0.1) is 5.82 Å². The summed E-state index contributed by atoms with van der Waals surface area (Å²) in [5.41, 5.74) is 6.70. The molecule has 0 bridgehead atoms. The molecule has 0 aliphatic carbocycles. The summed E-state index contributed by atoms with van der Waals surface area (Å²) in [6.07, 6.45) is 8.15. The standard InChI is InChI=1S/C34H27FN8O3S/c1-47(45,46)10-8-21-11-22(14-25(35)12-21)30-32-28(7-9-37-30)40-34(41-32)31-27-16-24(18-38-33(27)43-42-31)23-15-26(19-36-17-23)39-29(44)13-20-5-3-2-4-6-20/h2-7,9,11-12,14-19H,8,10,13H2,1H3,(H,39,44)(H,40,41)(H,38,42,43). The van der Waals surface area contributed by atoms with Crippen molar-refractivity contribution < 1.29 is 17.6 Å². The first kappa shape index (κ1) is 29.9. The second-order valence-electron chi connectivity index (χ2n) is 11.2. The highest BCUT2D eigenvalue weighted by Gasteiger charge is 2.18. The first-order valence-electron chi connectivity index (χ1n) is 14.6. The molecule has 1 amide bonds. The Labute approximate surface area is 268 Å². The summed E-state index contributed by atoms with van der Waals surface area (Å²) >= 11 is 0. The fourth-order valence-electron chi connectivity index (χ4n) is 5.39. The Hall–Kier alpha value is -5.82. The number of pyridine rings is 3. The second-order valence-corrected chi connectivity index (χ2v) is 13.5. The van der Waals surface area contributed by atoms with E-state index in [4.69, 9.17) is 4.98 Å². The summed E-state index contributed by atoms with van der Waals surface area (Å²) in [6, 6.07) is 19.4. The lowest BCUT2D eigenvalue weighted by atomic mass is 10.0. The average molecular weight is 647 g/mol. The van der Waals surface area contributed by atoms with Crippen molar-refractivity contribution in [2.24, 2.45) is 0 Å². The molecule has 47 heavy (non-hydrogen) atoms. The van der Waals surface area contributed by atoms with Crippen molar-refractivity contribution in [2.75, 3.05) is 17.3 Å². The molecule has 11 nitrogen and oxygen atoms in total. The highest BCUT2D eigenvalue weighted by molar-refractivity contribution is 7.90. The molecule has 0 spiro atoms. The molecule has 7 rings (SSSR count). The van der Waals surface area contributed by atoms with E-state index in [1.165, 1.54) is 12.1 Å². The number of amides is 1. The van der Waals surface area contributed by atoms with E-state index in [1.807, 2.05) is 42.5 Å². The molecule has 0 aliphatic rings. The van der Waals surface area contributed by atoms with Crippen molar-refractivity contribution in [1.29, 1.82) is 0 Å². The molecule has 0 saturated carbocycles. The highest BCUT2D eigenvalue weighted by atomic mass is 32.2. The van der Waals surface area contributed by atoms with Crippen LogP contribution in [0.5, 0.6) is 0 Å². The number of fused-ring (bicyclic) bond motifs is 2. The molecule has 5 aromatic heterocycles. The molecule has 7 aromatic rings. The van der Waals surface area contributed by atoms with E-state index in [0.717, 1.165) is 22.9 Å². The van der Waals surface area contributed by atoms with Gasteiger partial charge in [0.15, 0.2) is 11.5 Å². The lowest BCUT2D eigenvalue weighted by Crippen LogP contribution is -2.14. The van der Waals surface area contributed by atoms with Gasteiger partial charge in [0, 0.05) is 41.5 Å². The molecular weight excluding hydrogens is 619 g/mol. The number of nitrogens with one attached hydrogen (secondary N) is 3. The number of benzene rings is 2. The Kier molecular flexibility index (Phi) is 7.74. The van der Waals surface area contributed by atoms with Crippen LogP contribution in [0.3, 0.4) is 0 Å². The number of halogens is 1. The zero-order valence-electron chi connectivity index (χ0n) is 25.0. The topological polar surface area (TPSA) is 159 Å². The zero-order chi connectivity index (χ0) is 32.5. The SMILES string of the molecule is CS(=O)(=O)CCc1cc(F)cc(-c2nccc3[nH]c(-c4[nH]nc5ncc(-c6cncc(NC(=O)Cc7ccccc7)c6)cc45)nc23)c1. The van der Waals surface area contributed by atoms with E-state index in [2.05, 4.69) is 35.5 Å². The number of sulfone groups is 1. The van der Waals surface area contributed by atoms with Gasteiger partial charge >= 0.3 is 0 Å². The number of anilines is 1. The van der Waals surface area contributed by atoms with Crippen molar-refractivity contribution >= 4 is 43.5 Å². The third-order valence-corrected chi connectivity index (χ3v) is 8.55. The highest BCUT2D eigenvalue weighted by Crippen LogP contribution is 2.32. The van der Waals surface area contributed by atoms with E-state index >= 15 is 0 Å². The lowest BCUT2D eigenvalue weighted by Gasteiger charge is -2.07. The van der Waals surface area contributed by atoms with Gasteiger partial charge in [0.2, 0.25) is 5.91 Å². The smallest absolute Gasteiger partial charge is 0.228 e. The van der Waals surface area contributed by atoms with Crippen LogP contribution in [0.4, 0.5) is 10.1 Å². The molecule has 234 valence electrons. The molecule has 0 fully saturated rings. The van der Waals surface area contributed by atoms with Gasteiger partial charge < -0.3 is 10.3 Å². The van der Waals surface area contributed by atoms with Crippen LogP contribution in [-0.4, -0.2) is 61.5 Å². The van der Waals surface area contributed by atoms with Gasteiger partial charge in [-0.2, -0.15) is 5.10 Å². The number of nitrogens with zero attached hydrogens (tertiary/aromatic N) is 5. The van der Waals surface area contributed by atoms with E-state index in [1.54, 1.807) is 36.9 Å². The zero-order valence-corrected chi connectivity index (χ0v) is 25.8. The van der Waals surface area contributed by atoms with Gasteiger partial charge in [-0.25, -0.2) is 22.8 Å². The van der Waals surface area contributed by atoms with Crippen molar-refractivity contribution in [3.05, 3.63) is 108 Å². The Morgan fingerprint density at radius 3 is 2.57 bits per heavy atom. The van der Waals surface area contributed by atoms with Crippen molar-refractivity contribution in [3.8, 4) is 33.9 Å². The van der Waals surface area contributed by atoms with Gasteiger partial charge in [0.1, 0.15) is 26.9 Å². The molecule has 0 aliphatic heterocycles. The first-order valence-corrected chi connectivity index (χ1v) is 16.7. The largest absolute Gasteiger partial charge is 0.337 e. The normalized spacial score (nSPS) is 11.7. The predicted molar refractivity (Wildman–Crippen MR) is 178 cm³/mol. The lowest BCUT2D eigenvalue weighted by molar-refractivity contribution is -0.115. The number of aromatic amines is 2. The monoisotopic (exact) mass is 646 g/mol. The van der Waals surface area contributed by atoms with E-state index < -0.39 is 15.7 Å². The van der Waals surface area contributed by atoms with Crippen molar-refractivity contribution in [2.45, 2.75) is 12.8 Å². The summed E-state index contributed by atoms with van der Waals surface area (Å²) in [4.78, 5) is 34.1. The molecule has 5 heterocycles. The third kappa shape index (κ3) is 6.60. The maximum absolute atomic E-state index is 14.6. The first-order chi connectivity index (χ1) is 22.7. The number of rotatable bonds is 9. The number of hydrogen-bond acceptors (Lipinski definition) is 8. The molecule has 0 radical (unpaired) electrons. The van der Waals surface area contributed by atoms with E-state index in [0.29, 0.717) is 56.1 Å². The van der Waals surface area contributed by atoms with Gasteiger partial charge in [-0.15, -0.1) is 0 Å². The Morgan fingerprint density at radius 1 is 0.915 bits per heavy atom. The Morgan fingerprint density at radius 2 is 1.74 bits per heavy atom. The molecule has 3 N–H and O–H groups in total. The number of aryl methyl sites for hydroxylation is 1. The average Bonchev–Trinajstić information content (AvgIpc) is 3.68. The van der Waals surface area contributed by atoms with E-state index in [-0.39, 0.29) is 24.5 Å². The number of aromatic nitrogens is 7. The fourth-order valence-corrected chi connectivity index (χ4v) is 6.00. The van der Waals surface area contributed by atoms with Gasteiger partial charge in [0.25, 0.3) is 0 Å². The second kappa shape index (κ2) is 12.2. The Balaban J connectivity index is 1.20. The van der Waals surface area contributed by atoms with Crippen molar-refractivity contribution in [3.63, 3.8) is 0 Å². The molecule has 0 unspecified atom stereocenters. The van der Waals surface area contributed by atoms with Crippen LogP contribution in [0.2, 0.25) is 0 Å². The third-order valence-electron chi connectivity index (χ3n) is 7.60. The number of H-pyrrole nitrogens is 2. The predicted octanol–water partition coefficient (Wildman–Crippen LogP) is 5.53. The maximum Gasteiger partial charge on any atom is 0.228 e. The molecule has 0 atom stereocenters. The Bertz CT molecular complexity index is 2390. The number of imidazole rings is 1. The summed E-state index contributed by atoms with van der Waals surface area (Å²) in [7, 11) is -3.22. The minimum atomic E-state index is -3.22. The fraction of sp³-hybridized carbons (Fsp3) is 0.118. The van der Waals surface area contributed by atoms with Crippen molar-refractivity contribution in [1.82, 2.24) is 35.1 Å². The molecule has 0 saturated heterocycles. The minimum absolute atomic E-state index is 0.0910. The van der Waals surface area contributed by atoms with Gasteiger partial charge in [0.05, 0.1) is 40.7 Å². The molecule has 2 aromatic carbocycles. The number of carbonyl (C=O) groups excluding carboxylic acids is 1. The van der Waals surface area contributed by atoms with Crippen LogP contribution >= 0.6 is 0 Å². The van der Waals surface area contributed by atoms with Gasteiger partial charge in [-0.1, -0.05) is 30.3 Å². The summed E-state index contributed by atoms with van der Waals surface area (Å²) < 4.78 is 38.0. The van der Waals surface area contributed by atoms with Gasteiger partial charge in [-0.05, 0) is 53.9 Å². The van der Waals surface area contributed by atoms with Crippen LogP contribution in [-0.2, 0) is 27.5 Å². The van der Waals surface area contributed by atoms with Crippen LogP contribution < -0.4 is 5.32 Å². The van der Waals surface area contributed by atoms with Gasteiger partial charge in [-0.3, -0.25) is 19.9 Å². The number of hydrogen-bond donors (Lipinski definition) is 3. The summed E-state index contributed by atoms with van der Waals surface area (Å²) in [5, 5.41) is 11.0. The molecule has 13 heteroatoms. The number of carbonyl (C=O) groups is 1. The minimum Gasteiger partial charge on any atom is -0.337 e. The van der Waals surface area contributed by atoms with Crippen LogP contribution in [0.1, 0.15) is 11.1 Å². The van der Waals surface area contributed by atoms with E-state index in [9.17, 15) is 17.6 Å². The molecular formula is C34H27FN8O3S. The quantitative estimate of drug-likeness (QED) is 0.185.